The number of hydrogen-bond acceptors (Lipinski definition) is 8. The minimum Gasteiger partial charge on any atom is -0.490 e. The van der Waals surface area contributed by atoms with Crippen molar-refractivity contribution in [2.45, 2.75) is 40.3 Å². The van der Waals surface area contributed by atoms with Gasteiger partial charge in [-0.15, -0.1) is 0 Å². The highest BCUT2D eigenvalue weighted by molar-refractivity contribution is 7.90. The summed E-state index contributed by atoms with van der Waals surface area (Å²) < 4.78 is 38.2. The van der Waals surface area contributed by atoms with E-state index in [9.17, 15) is 13.2 Å². The summed E-state index contributed by atoms with van der Waals surface area (Å²) >= 11 is 0. The van der Waals surface area contributed by atoms with Crippen molar-refractivity contribution in [3.8, 4) is 11.5 Å². The van der Waals surface area contributed by atoms with Crippen molar-refractivity contribution >= 4 is 32.4 Å². The Morgan fingerprint density at radius 2 is 1.86 bits per heavy atom. The highest BCUT2D eigenvalue weighted by Crippen LogP contribution is 2.33. The molecule has 190 valence electrons. The Balaban J connectivity index is 0.00000432. The second kappa shape index (κ2) is 12.4. The summed E-state index contributed by atoms with van der Waals surface area (Å²) in [6, 6.07) is 11.5. The van der Waals surface area contributed by atoms with Gasteiger partial charge in [0.05, 0.1) is 18.5 Å². The van der Waals surface area contributed by atoms with Gasteiger partial charge in [-0.05, 0) is 62.1 Å². The summed E-state index contributed by atoms with van der Waals surface area (Å²) in [7, 11) is -3.88. The number of benzene rings is 2. The monoisotopic (exact) mass is 502 g/mol. The van der Waals surface area contributed by atoms with E-state index in [2.05, 4.69) is 15.0 Å². The molecule has 4 N–H and O–H groups in total. The number of nitrogens with two attached hydrogens (primary N) is 1. The number of amides is 1. The van der Waals surface area contributed by atoms with Crippen LogP contribution in [0.25, 0.3) is 10.8 Å². The van der Waals surface area contributed by atoms with Crippen LogP contribution in [0, 0.1) is 0 Å². The number of rotatable bonds is 11. The SMILES string of the molecule is C.CCOc1cc(C(Nc2ccc3cnccc3c2)C(=O)NS(=O)(=O)CCN)ccc1OC(C)C. The van der Waals surface area contributed by atoms with Crippen LogP contribution in [0.3, 0.4) is 0 Å². The number of hydrogen-bond donors (Lipinski definition) is 3. The average Bonchev–Trinajstić information content (AvgIpc) is 2.78. The number of anilines is 1. The van der Waals surface area contributed by atoms with Crippen molar-refractivity contribution < 1.29 is 22.7 Å². The number of carbonyl (C=O) groups is 1. The molecule has 1 atom stereocenters. The van der Waals surface area contributed by atoms with Gasteiger partial charge in [-0.25, -0.2) is 8.42 Å². The van der Waals surface area contributed by atoms with E-state index in [1.807, 2.05) is 39.0 Å². The van der Waals surface area contributed by atoms with E-state index in [1.165, 1.54) is 0 Å². The molecule has 0 fully saturated rings. The van der Waals surface area contributed by atoms with Gasteiger partial charge < -0.3 is 20.5 Å². The lowest BCUT2D eigenvalue weighted by Gasteiger charge is -2.22. The molecule has 0 spiro atoms. The van der Waals surface area contributed by atoms with Crippen molar-refractivity contribution in [3.63, 3.8) is 0 Å². The number of sulfonamides is 1. The Morgan fingerprint density at radius 1 is 1.09 bits per heavy atom. The van der Waals surface area contributed by atoms with Gasteiger partial charge in [-0.1, -0.05) is 19.6 Å². The summed E-state index contributed by atoms with van der Waals surface area (Å²) in [6.45, 7) is 5.94. The Hall–Kier alpha value is -3.37. The Labute approximate surface area is 207 Å². The smallest absolute Gasteiger partial charge is 0.260 e. The van der Waals surface area contributed by atoms with Gasteiger partial charge in [0.2, 0.25) is 10.0 Å². The van der Waals surface area contributed by atoms with E-state index in [0.717, 1.165) is 10.8 Å². The molecule has 0 saturated carbocycles. The maximum atomic E-state index is 13.2. The van der Waals surface area contributed by atoms with Crippen LogP contribution in [-0.2, 0) is 14.8 Å². The Bertz CT molecular complexity index is 1250. The Kier molecular flexibility index (Phi) is 9.85. The van der Waals surface area contributed by atoms with Gasteiger partial charge in [-0.3, -0.25) is 14.5 Å². The maximum absolute atomic E-state index is 13.2. The molecule has 35 heavy (non-hydrogen) atoms. The van der Waals surface area contributed by atoms with Crippen LogP contribution in [-0.4, -0.2) is 44.3 Å². The lowest BCUT2D eigenvalue weighted by atomic mass is 10.0. The van der Waals surface area contributed by atoms with E-state index >= 15 is 0 Å². The number of ether oxygens (including phenoxy) is 2. The van der Waals surface area contributed by atoms with Crippen LogP contribution in [0.4, 0.5) is 5.69 Å². The summed E-state index contributed by atoms with van der Waals surface area (Å²) in [4.78, 5) is 17.3. The first kappa shape index (κ1) is 27.9. The topological polar surface area (TPSA) is 133 Å². The van der Waals surface area contributed by atoms with Gasteiger partial charge in [-0.2, -0.15) is 0 Å². The van der Waals surface area contributed by atoms with Gasteiger partial charge >= 0.3 is 0 Å². The normalized spacial score (nSPS) is 12.0. The molecule has 10 heteroatoms. The molecule has 1 amide bonds. The van der Waals surface area contributed by atoms with Gasteiger partial charge in [0, 0.05) is 30.0 Å². The van der Waals surface area contributed by atoms with E-state index < -0.39 is 22.0 Å². The van der Waals surface area contributed by atoms with E-state index in [-0.39, 0.29) is 25.8 Å². The van der Waals surface area contributed by atoms with Crippen LogP contribution in [0.1, 0.15) is 39.8 Å². The molecule has 9 nitrogen and oxygen atoms in total. The van der Waals surface area contributed by atoms with Gasteiger partial charge in [0.25, 0.3) is 5.91 Å². The fourth-order valence-corrected chi connectivity index (χ4v) is 4.22. The van der Waals surface area contributed by atoms with E-state index in [0.29, 0.717) is 29.4 Å². The zero-order chi connectivity index (χ0) is 24.7. The highest BCUT2D eigenvalue weighted by atomic mass is 32.2. The minimum absolute atomic E-state index is 0. The molecule has 0 aliphatic heterocycles. The zero-order valence-electron chi connectivity index (χ0n) is 19.4. The molecule has 0 aliphatic rings. The third-order valence-corrected chi connectivity index (χ3v) is 6.11. The fourth-order valence-electron chi connectivity index (χ4n) is 3.38. The van der Waals surface area contributed by atoms with Crippen molar-refractivity contribution in [2.24, 2.45) is 5.73 Å². The van der Waals surface area contributed by atoms with Crippen molar-refractivity contribution in [2.75, 3.05) is 24.2 Å². The number of nitrogens with one attached hydrogen (secondary N) is 2. The first-order valence-electron chi connectivity index (χ1n) is 11.0. The Morgan fingerprint density at radius 3 is 2.54 bits per heavy atom. The number of aromatic nitrogens is 1. The molecule has 0 saturated heterocycles. The van der Waals surface area contributed by atoms with Crippen molar-refractivity contribution in [1.82, 2.24) is 9.71 Å². The maximum Gasteiger partial charge on any atom is 0.260 e. The third kappa shape index (κ3) is 7.56. The first-order valence-corrected chi connectivity index (χ1v) is 12.7. The quantitative estimate of drug-likeness (QED) is 0.362. The number of pyridine rings is 1. The van der Waals surface area contributed by atoms with Gasteiger partial charge in [0.15, 0.2) is 11.5 Å². The summed E-state index contributed by atoms with van der Waals surface area (Å²) in [5.74, 6) is -0.0977. The molecule has 0 aliphatic carbocycles. The average molecular weight is 503 g/mol. The lowest BCUT2D eigenvalue weighted by molar-refractivity contribution is -0.120. The second-order valence-corrected chi connectivity index (χ2v) is 9.74. The van der Waals surface area contributed by atoms with Crippen LogP contribution in [0.2, 0.25) is 0 Å². The minimum atomic E-state index is -3.88. The summed E-state index contributed by atoms with van der Waals surface area (Å²) in [5.41, 5.74) is 6.53. The summed E-state index contributed by atoms with van der Waals surface area (Å²) in [5, 5.41) is 5.02. The molecular weight excluding hydrogens is 468 g/mol. The van der Waals surface area contributed by atoms with Crippen LogP contribution >= 0.6 is 0 Å². The standard InChI is InChI=1S/C24H30N4O5S.CH4/c1-4-32-22-14-18(6-8-21(22)33-16(2)3)23(24(29)28-34(30,31)12-10-25)27-20-7-5-19-15-26-11-9-17(19)13-20;/h5-9,11,13-16,23,27H,4,10,12,25H2,1-3H3,(H,28,29);1H4. The number of carbonyl (C=O) groups excluding carboxylic acids is 1. The van der Waals surface area contributed by atoms with E-state index in [1.54, 1.807) is 36.7 Å². The van der Waals surface area contributed by atoms with E-state index in [4.69, 9.17) is 15.2 Å². The van der Waals surface area contributed by atoms with Gasteiger partial charge in [0.1, 0.15) is 6.04 Å². The third-order valence-electron chi connectivity index (χ3n) is 4.82. The fraction of sp³-hybridized carbons (Fsp3) is 0.360. The molecule has 1 heterocycles. The first-order chi connectivity index (χ1) is 16.2. The molecule has 3 aromatic rings. The van der Waals surface area contributed by atoms with Crippen LogP contribution < -0.4 is 25.2 Å². The molecule has 1 aromatic heterocycles. The number of fused-ring (bicyclic) bond motifs is 1. The summed E-state index contributed by atoms with van der Waals surface area (Å²) in [6.07, 6.45) is 3.35. The molecule has 1 unspecified atom stereocenters. The number of nitrogens with zero attached hydrogens (tertiary/aromatic N) is 1. The second-order valence-electron chi connectivity index (χ2n) is 7.89. The van der Waals surface area contributed by atoms with Crippen LogP contribution in [0.5, 0.6) is 11.5 Å². The van der Waals surface area contributed by atoms with Crippen molar-refractivity contribution in [3.05, 3.63) is 60.4 Å². The molecule has 2 aromatic carbocycles. The molecule has 3 rings (SSSR count). The molecular formula is C25H34N4O5S. The molecule has 0 radical (unpaired) electrons. The lowest BCUT2D eigenvalue weighted by Crippen LogP contribution is -2.40. The largest absolute Gasteiger partial charge is 0.490 e. The van der Waals surface area contributed by atoms with Crippen molar-refractivity contribution in [1.29, 1.82) is 0 Å². The predicted octanol–water partition coefficient (Wildman–Crippen LogP) is 3.61. The predicted molar refractivity (Wildman–Crippen MR) is 139 cm³/mol. The van der Waals surface area contributed by atoms with Crippen LogP contribution in [0.15, 0.2) is 54.9 Å². The zero-order valence-corrected chi connectivity index (χ0v) is 20.3. The molecule has 0 bridgehead atoms. The highest BCUT2D eigenvalue weighted by Gasteiger charge is 2.26.